The lowest BCUT2D eigenvalue weighted by Crippen LogP contribution is -2.26. The highest BCUT2D eigenvalue weighted by molar-refractivity contribution is 6.35. The second kappa shape index (κ2) is 6.38. The van der Waals surface area contributed by atoms with Gasteiger partial charge in [-0.2, -0.15) is 0 Å². The van der Waals surface area contributed by atoms with Crippen molar-refractivity contribution in [2.24, 2.45) is 0 Å². The Morgan fingerprint density at radius 1 is 1.23 bits per heavy atom. The number of amides is 1. The first-order valence-corrected chi connectivity index (χ1v) is 7.54. The fraction of sp³-hybridized carbons (Fsp3) is 0.125. The zero-order valence-electron chi connectivity index (χ0n) is 11.6. The third-order valence-corrected chi connectivity index (χ3v) is 3.95. The van der Waals surface area contributed by atoms with Gasteiger partial charge in [0.1, 0.15) is 5.65 Å². The summed E-state index contributed by atoms with van der Waals surface area (Å²) in [7, 11) is 0. The highest BCUT2D eigenvalue weighted by Gasteiger charge is 2.11. The molecule has 2 aromatic heterocycles. The SMILES string of the molecule is O=C(NCCc1ccc(Cl)cc1Cl)c1cccn2ccnc12. The molecule has 1 amide bonds. The van der Waals surface area contributed by atoms with Gasteiger partial charge < -0.3 is 9.72 Å². The predicted molar refractivity (Wildman–Crippen MR) is 87.7 cm³/mol. The molecule has 0 spiro atoms. The molecule has 0 saturated carbocycles. The monoisotopic (exact) mass is 333 g/mol. The molecular weight excluding hydrogens is 321 g/mol. The molecule has 0 aliphatic heterocycles. The Kier molecular flexibility index (Phi) is 4.32. The van der Waals surface area contributed by atoms with E-state index in [1.54, 1.807) is 30.6 Å². The molecule has 1 N–H and O–H groups in total. The lowest BCUT2D eigenvalue weighted by molar-refractivity contribution is 0.0955. The van der Waals surface area contributed by atoms with Crippen LogP contribution in [0.15, 0.2) is 48.9 Å². The summed E-state index contributed by atoms with van der Waals surface area (Å²) in [5.41, 5.74) is 2.14. The Balaban J connectivity index is 1.66. The topological polar surface area (TPSA) is 46.4 Å². The van der Waals surface area contributed by atoms with E-state index in [0.29, 0.717) is 34.2 Å². The molecule has 1 aromatic carbocycles. The van der Waals surface area contributed by atoms with E-state index < -0.39 is 0 Å². The number of benzene rings is 1. The zero-order chi connectivity index (χ0) is 15.5. The minimum atomic E-state index is -0.151. The number of halogens is 2. The fourth-order valence-electron chi connectivity index (χ4n) is 2.26. The molecule has 0 saturated heterocycles. The van der Waals surface area contributed by atoms with Crippen LogP contribution in [-0.2, 0) is 6.42 Å². The molecule has 2 heterocycles. The van der Waals surface area contributed by atoms with Crippen LogP contribution in [0.4, 0.5) is 0 Å². The van der Waals surface area contributed by atoms with E-state index >= 15 is 0 Å². The van der Waals surface area contributed by atoms with Crippen molar-refractivity contribution >= 4 is 34.8 Å². The van der Waals surface area contributed by atoms with Crippen LogP contribution in [0.25, 0.3) is 5.65 Å². The van der Waals surface area contributed by atoms with E-state index in [9.17, 15) is 4.79 Å². The summed E-state index contributed by atoms with van der Waals surface area (Å²) in [6.45, 7) is 0.488. The number of aromatic nitrogens is 2. The summed E-state index contributed by atoms with van der Waals surface area (Å²) >= 11 is 12.0. The fourth-order valence-corrected chi connectivity index (χ4v) is 2.76. The average Bonchev–Trinajstić information content (AvgIpc) is 2.97. The highest BCUT2D eigenvalue weighted by Crippen LogP contribution is 2.21. The molecule has 6 heteroatoms. The number of nitrogens with zero attached hydrogens (tertiary/aromatic N) is 2. The molecule has 0 bridgehead atoms. The zero-order valence-corrected chi connectivity index (χ0v) is 13.1. The van der Waals surface area contributed by atoms with Crippen LogP contribution >= 0.6 is 23.2 Å². The Morgan fingerprint density at radius 2 is 2.09 bits per heavy atom. The first kappa shape index (κ1) is 14.9. The molecule has 0 fully saturated rings. The molecule has 4 nitrogen and oxygen atoms in total. The maximum atomic E-state index is 12.3. The van der Waals surface area contributed by atoms with Crippen LogP contribution in [0.5, 0.6) is 0 Å². The number of carbonyl (C=O) groups is 1. The Labute approximate surface area is 137 Å². The minimum absolute atomic E-state index is 0.151. The van der Waals surface area contributed by atoms with Gasteiger partial charge in [0.05, 0.1) is 5.56 Å². The summed E-state index contributed by atoms with van der Waals surface area (Å²) in [6.07, 6.45) is 5.96. The van der Waals surface area contributed by atoms with Crippen LogP contribution < -0.4 is 5.32 Å². The van der Waals surface area contributed by atoms with Gasteiger partial charge in [-0.1, -0.05) is 29.3 Å². The van der Waals surface area contributed by atoms with E-state index in [2.05, 4.69) is 10.3 Å². The van der Waals surface area contributed by atoms with Gasteiger partial charge in [-0.25, -0.2) is 4.98 Å². The van der Waals surface area contributed by atoms with Gasteiger partial charge in [0.15, 0.2) is 0 Å². The summed E-state index contributed by atoms with van der Waals surface area (Å²) < 4.78 is 1.81. The largest absolute Gasteiger partial charge is 0.352 e. The van der Waals surface area contributed by atoms with E-state index in [1.807, 2.05) is 22.7 Å². The van der Waals surface area contributed by atoms with Crippen molar-refractivity contribution in [3.8, 4) is 0 Å². The lowest BCUT2D eigenvalue weighted by atomic mass is 10.1. The number of rotatable bonds is 4. The molecule has 0 aliphatic rings. The number of pyridine rings is 1. The van der Waals surface area contributed by atoms with Crippen molar-refractivity contribution in [2.45, 2.75) is 6.42 Å². The Hall–Kier alpha value is -2.04. The quantitative estimate of drug-likeness (QED) is 0.792. The standard InChI is InChI=1S/C16H13Cl2N3O/c17-12-4-3-11(14(18)10-12)5-6-20-16(22)13-2-1-8-21-9-7-19-15(13)21/h1-4,7-10H,5-6H2,(H,20,22). The number of fused-ring (bicyclic) bond motifs is 1. The van der Waals surface area contributed by atoms with Gasteiger partial charge in [0.25, 0.3) is 5.91 Å². The van der Waals surface area contributed by atoms with Crippen molar-refractivity contribution in [2.75, 3.05) is 6.54 Å². The maximum Gasteiger partial charge on any atom is 0.255 e. The first-order valence-electron chi connectivity index (χ1n) is 6.79. The molecule has 112 valence electrons. The van der Waals surface area contributed by atoms with Crippen LogP contribution in [0, 0.1) is 0 Å². The Morgan fingerprint density at radius 3 is 2.91 bits per heavy atom. The number of carbonyl (C=O) groups excluding carboxylic acids is 1. The molecule has 22 heavy (non-hydrogen) atoms. The van der Waals surface area contributed by atoms with Crippen molar-refractivity contribution in [1.82, 2.24) is 14.7 Å². The first-order chi connectivity index (χ1) is 10.6. The number of hydrogen-bond donors (Lipinski definition) is 1. The summed E-state index contributed by atoms with van der Waals surface area (Å²) in [6, 6.07) is 8.93. The molecule has 0 aliphatic carbocycles. The summed E-state index contributed by atoms with van der Waals surface area (Å²) in [5.74, 6) is -0.151. The van der Waals surface area contributed by atoms with Gasteiger partial charge in [0.2, 0.25) is 0 Å². The summed E-state index contributed by atoms with van der Waals surface area (Å²) in [4.78, 5) is 16.5. The number of hydrogen-bond acceptors (Lipinski definition) is 2. The summed E-state index contributed by atoms with van der Waals surface area (Å²) in [5, 5.41) is 4.10. The normalized spacial score (nSPS) is 10.8. The smallest absolute Gasteiger partial charge is 0.255 e. The second-order valence-corrected chi connectivity index (χ2v) is 5.67. The molecule has 3 aromatic rings. The van der Waals surface area contributed by atoms with Gasteiger partial charge in [-0.15, -0.1) is 0 Å². The lowest BCUT2D eigenvalue weighted by Gasteiger charge is -2.08. The van der Waals surface area contributed by atoms with E-state index in [0.717, 1.165) is 5.56 Å². The van der Waals surface area contributed by atoms with Crippen LogP contribution in [-0.4, -0.2) is 21.8 Å². The van der Waals surface area contributed by atoms with Crippen molar-refractivity contribution < 1.29 is 4.79 Å². The number of imidazole rings is 1. The predicted octanol–water partition coefficient (Wildman–Crippen LogP) is 3.61. The molecule has 0 radical (unpaired) electrons. The van der Waals surface area contributed by atoms with Gasteiger partial charge in [0, 0.05) is 35.2 Å². The van der Waals surface area contributed by atoms with Gasteiger partial charge >= 0.3 is 0 Å². The minimum Gasteiger partial charge on any atom is -0.352 e. The highest BCUT2D eigenvalue weighted by atomic mass is 35.5. The van der Waals surface area contributed by atoms with Crippen molar-refractivity contribution in [1.29, 1.82) is 0 Å². The van der Waals surface area contributed by atoms with Gasteiger partial charge in [-0.3, -0.25) is 4.79 Å². The number of nitrogens with one attached hydrogen (secondary N) is 1. The van der Waals surface area contributed by atoms with Crippen LogP contribution in [0.3, 0.4) is 0 Å². The Bertz CT molecular complexity index is 829. The third-order valence-electron chi connectivity index (χ3n) is 3.36. The van der Waals surface area contributed by atoms with Crippen LogP contribution in [0.2, 0.25) is 10.0 Å². The van der Waals surface area contributed by atoms with E-state index in [1.165, 1.54) is 0 Å². The molecule has 0 atom stereocenters. The van der Waals surface area contributed by atoms with E-state index in [4.69, 9.17) is 23.2 Å². The van der Waals surface area contributed by atoms with Gasteiger partial charge in [-0.05, 0) is 36.2 Å². The third kappa shape index (κ3) is 3.08. The van der Waals surface area contributed by atoms with Crippen LogP contribution in [0.1, 0.15) is 15.9 Å². The molecular formula is C16H13Cl2N3O. The molecule has 0 unspecified atom stereocenters. The average molecular weight is 334 g/mol. The maximum absolute atomic E-state index is 12.3. The second-order valence-electron chi connectivity index (χ2n) is 4.82. The van der Waals surface area contributed by atoms with E-state index in [-0.39, 0.29) is 5.91 Å². The van der Waals surface area contributed by atoms with Crippen molar-refractivity contribution in [3.05, 3.63) is 70.1 Å². The van der Waals surface area contributed by atoms with Crippen molar-refractivity contribution in [3.63, 3.8) is 0 Å². The molecule has 3 rings (SSSR count).